The maximum absolute atomic E-state index is 12.4. The molecular weight excluding hydrogens is 292 g/mol. The Hall–Kier alpha value is -2.97. The number of nitro benzene ring substituents is 1. The van der Waals surface area contributed by atoms with Gasteiger partial charge in [0, 0.05) is 32.0 Å². The van der Waals surface area contributed by atoms with E-state index in [-0.39, 0.29) is 29.6 Å². The summed E-state index contributed by atoms with van der Waals surface area (Å²) in [5, 5.41) is 11.7. The smallest absolute Gasteiger partial charge is 0.293 e. The zero-order valence-corrected chi connectivity index (χ0v) is 11.7. The first-order valence-corrected chi connectivity index (χ1v) is 6.64. The Morgan fingerprint density at radius 3 is 2.32 bits per heavy atom. The van der Waals surface area contributed by atoms with Crippen molar-refractivity contribution in [2.75, 3.05) is 5.01 Å². The van der Waals surface area contributed by atoms with Gasteiger partial charge in [-0.15, -0.1) is 0 Å². The molecule has 2 amide bonds. The number of piperidine rings is 1. The van der Waals surface area contributed by atoms with Crippen LogP contribution < -0.4 is 10.7 Å². The Kier molecular flexibility index (Phi) is 3.05. The van der Waals surface area contributed by atoms with Gasteiger partial charge in [-0.2, -0.15) is 9.69 Å². The predicted octanol–water partition coefficient (Wildman–Crippen LogP) is 0.423. The Labute approximate surface area is 123 Å². The number of benzene rings is 1. The third-order valence-corrected chi connectivity index (χ3v) is 3.68. The van der Waals surface area contributed by atoms with E-state index in [9.17, 15) is 24.5 Å². The fourth-order valence-electron chi connectivity index (χ4n) is 2.58. The average Bonchev–Trinajstić information content (AvgIpc) is 2.72. The molecule has 1 aliphatic rings. The summed E-state index contributed by atoms with van der Waals surface area (Å²) < 4.78 is 2.17. The van der Waals surface area contributed by atoms with Crippen molar-refractivity contribution in [1.29, 1.82) is 0 Å². The summed E-state index contributed by atoms with van der Waals surface area (Å²) in [6.45, 7) is 0. The molecule has 114 valence electrons. The molecule has 1 fully saturated rings. The van der Waals surface area contributed by atoms with Crippen LogP contribution in [0.25, 0.3) is 11.0 Å². The molecule has 2 aromatic rings. The first kappa shape index (κ1) is 14.0. The minimum absolute atomic E-state index is 0.170. The molecule has 9 nitrogen and oxygen atoms in total. The Bertz CT molecular complexity index is 862. The monoisotopic (exact) mass is 304 g/mol. The van der Waals surface area contributed by atoms with Crippen molar-refractivity contribution in [1.82, 2.24) is 9.24 Å². The second-order valence-corrected chi connectivity index (χ2v) is 5.04. The number of fused-ring (bicyclic) bond motifs is 1. The number of imidazole rings is 1. The third-order valence-electron chi connectivity index (χ3n) is 3.68. The van der Waals surface area contributed by atoms with Crippen LogP contribution in [0, 0.1) is 10.1 Å². The Balaban J connectivity index is 2.28. The average molecular weight is 304 g/mol. The molecule has 1 aliphatic heterocycles. The van der Waals surface area contributed by atoms with Crippen molar-refractivity contribution < 1.29 is 14.5 Å². The van der Waals surface area contributed by atoms with Gasteiger partial charge in [-0.25, -0.2) is 4.79 Å². The first-order valence-electron chi connectivity index (χ1n) is 6.64. The maximum Gasteiger partial charge on any atom is 0.348 e. The molecule has 3 rings (SSSR count). The van der Waals surface area contributed by atoms with E-state index in [4.69, 9.17) is 0 Å². The lowest BCUT2D eigenvalue weighted by Crippen LogP contribution is -2.52. The summed E-state index contributed by atoms with van der Waals surface area (Å²) in [7, 11) is 1.43. The van der Waals surface area contributed by atoms with E-state index in [1.807, 2.05) is 0 Å². The van der Waals surface area contributed by atoms with Gasteiger partial charge in [0.1, 0.15) is 0 Å². The van der Waals surface area contributed by atoms with Crippen LogP contribution in [0.3, 0.4) is 0 Å². The molecule has 0 radical (unpaired) electrons. The van der Waals surface area contributed by atoms with Crippen molar-refractivity contribution >= 4 is 28.5 Å². The number of non-ortho nitro benzene ring substituents is 1. The molecule has 1 aromatic heterocycles. The summed E-state index contributed by atoms with van der Waals surface area (Å²) in [5.41, 5.74) is -0.206. The van der Waals surface area contributed by atoms with Crippen LogP contribution >= 0.6 is 0 Å². The molecule has 0 atom stereocenters. The van der Waals surface area contributed by atoms with E-state index in [0.717, 1.165) is 9.69 Å². The van der Waals surface area contributed by atoms with Crippen LogP contribution in [0.1, 0.15) is 19.3 Å². The van der Waals surface area contributed by atoms with Crippen LogP contribution in [0.5, 0.6) is 0 Å². The van der Waals surface area contributed by atoms with Gasteiger partial charge in [-0.3, -0.25) is 24.3 Å². The fourth-order valence-corrected chi connectivity index (χ4v) is 2.58. The molecule has 0 aliphatic carbocycles. The normalized spacial score (nSPS) is 15.6. The van der Waals surface area contributed by atoms with Gasteiger partial charge in [-0.1, -0.05) is 0 Å². The number of aromatic nitrogens is 2. The summed E-state index contributed by atoms with van der Waals surface area (Å²) in [6, 6.07) is 3.84. The molecule has 2 heterocycles. The van der Waals surface area contributed by atoms with Crippen LogP contribution in [0.15, 0.2) is 23.0 Å². The predicted molar refractivity (Wildman–Crippen MR) is 75.9 cm³/mol. The summed E-state index contributed by atoms with van der Waals surface area (Å²) in [6.07, 6.45) is 0.822. The van der Waals surface area contributed by atoms with Crippen molar-refractivity contribution in [3.05, 3.63) is 38.8 Å². The number of nitro groups is 1. The van der Waals surface area contributed by atoms with E-state index in [0.29, 0.717) is 6.42 Å². The second-order valence-electron chi connectivity index (χ2n) is 5.04. The zero-order chi connectivity index (χ0) is 16.0. The van der Waals surface area contributed by atoms with Gasteiger partial charge in [0.15, 0.2) is 0 Å². The number of hydrogen-bond donors (Lipinski definition) is 0. The molecule has 0 saturated carbocycles. The maximum atomic E-state index is 12.4. The summed E-state index contributed by atoms with van der Waals surface area (Å²) in [4.78, 5) is 46.7. The van der Waals surface area contributed by atoms with Gasteiger partial charge in [0.05, 0.1) is 16.0 Å². The Morgan fingerprint density at radius 1 is 1.09 bits per heavy atom. The number of carbonyl (C=O) groups is 2. The minimum atomic E-state index is -0.598. The highest BCUT2D eigenvalue weighted by atomic mass is 16.6. The second kappa shape index (κ2) is 4.79. The molecule has 22 heavy (non-hydrogen) atoms. The van der Waals surface area contributed by atoms with Gasteiger partial charge in [0.2, 0.25) is 11.8 Å². The Morgan fingerprint density at radius 2 is 1.73 bits per heavy atom. The standard InChI is InChI=1S/C13H12N4O5/c1-14-10-7-8(17(21)22)5-6-9(10)15(13(14)20)16-11(18)3-2-4-12(16)19/h5-7H,2-4H2,1H3. The fraction of sp³-hybridized carbons (Fsp3) is 0.308. The van der Waals surface area contributed by atoms with Crippen molar-refractivity contribution in [2.24, 2.45) is 7.05 Å². The lowest BCUT2D eigenvalue weighted by molar-refractivity contribution is -0.384. The topological polar surface area (TPSA) is 107 Å². The largest absolute Gasteiger partial charge is 0.348 e. The lowest BCUT2D eigenvalue weighted by Gasteiger charge is -2.24. The zero-order valence-electron chi connectivity index (χ0n) is 11.7. The van der Waals surface area contributed by atoms with Gasteiger partial charge < -0.3 is 0 Å². The van der Waals surface area contributed by atoms with E-state index < -0.39 is 22.4 Å². The molecule has 0 unspecified atom stereocenters. The lowest BCUT2D eigenvalue weighted by atomic mass is 10.1. The highest BCUT2D eigenvalue weighted by Gasteiger charge is 2.31. The van der Waals surface area contributed by atoms with Crippen LogP contribution in [-0.2, 0) is 16.6 Å². The highest BCUT2D eigenvalue weighted by Crippen LogP contribution is 2.21. The van der Waals surface area contributed by atoms with Crippen molar-refractivity contribution in [3.8, 4) is 0 Å². The number of rotatable bonds is 2. The molecule has 9 heteroatoms. The van der Waals surface area contributed by atoms with E-state index in [1.54, 1.807) is 0 Å². The number of nitrogens with zero attached hydrogens (tertiary/aromatic N) is 4. The number of carbonyl (C=O) groups excluding carboxylic acids is 2. The summed E-state index contributed by atoms with van der Waals surface area (Å²) in [5.74, 6) is -0.909. The number of imide groups is 1. The van der Waals surface area contributed by atoms with Gasteiger partial charge in [-0.05, 0) is 12.5 Å². The number of hydrogen-bond acceptors (Lipinski definition) is 5. The molecular formula is C13H12N4O5. The van der Waals surface area contributed by atoms with Crippen molar-refractivity contribution in [3.63, 3.8) is 0 Å². The molecule has 1 saturated heterocycles. The van der Waals surface area contributed by atoms with Gasteiger partial charge >= 0.3 is 5.69 Å². The van der Waals surface area contributed by atoms with Crippen molar-refractivity contribution in [2.45, 2.75) is 19.3 Å². The van der Waals surface area contributed by atoms with Crippen LogP contribution in [0.2, 0.25) is 0 Å². The van der Waals surface area contributed by atoms with Gasteiger partial charge in [0.25, 0.3) is 5.69 Å². The van der Waals surface area contributed by atoms with Crippen LogP contribution in [-0.4, -0.2) is 26.0 Å². The molecule has 0 bridgehead atoms. The first-order chi connectivity index (χ1) is 10.4. The van der Waals surface area contributed by atoms with E-state index in [2.05, 4.69) is 0 Å². The summed E-state index contributed by atoms with van der Waals surface area (Å²) >= 11 is 0. The van der Waals surface area contributed by atoms with E-state index in [1.165, 1.54) is 29.8 Å². The molecule has 0 N–H and O–H groups in total. The third kappa shape index (κ3) is 1.90. The highest BCUT2D eigenvalue weighted by molar-refractivity contribution is 6.11. The molecule has 1 aromatic carbocycles. The number of amides is 2. The minimum Gasteiger partial charge on any atom is -0.293 e. The van der Waals surface area contributed by atoms with E-state index >= 15 is 0 Å². The SMILES string of the molecule is Cn1c(=O)n(N2C(=O)CCCC2=O)c2ccc([N+](=O)[O-])cc21. The number of aryl methyl sites for hydroxylation is 1. The molecule has 0 spiro atoms. The van der Waals surface area contributed by atoms with Crippen LogP contribution in [0.4, 0.5) is 5.69 Å². The quantitative estimate of drug-likeness (QED) is 0.454.